The Morgan fingerprint density at radius 1 is 1.56 bits per heavy atom. The van der Waals surface area contributed by atoms with Crippen molar-refractivity contribution in [3.05, 3.63) is 23.2 Å². The summed E-state index contributed by atoms with van der Waals surface area (Å²) >= 11 is 1.40. The van der Waals surface area contributed by atoms with E-state index in [0.717, 1.165) is 5.69 Å². The predicted octanol–water partition coefficient (Wildman–Crippen LogP) is 1.64. The first-order chi connectivity index (χ1) is 7.66. The Labute approximate surface area is 96.1 Å². The van der Waals surface area contributed by atoms with Crippen LogP contribution in [0.1, 0.15) is 36.1 Å². The quantitative estimate of drug-likeness (QED) is 0.850. The Hall–Kier alpha value is -1.76. The van der Waals surface area contributed by atoms with E-state index in [4.69, 9.17) is 0 Å². The first kappa shape index (κ1) is 10.7. The number of rotatable bonds is 3. The van der Waals surface area contributed by atoms with Gasteiger partial charge in [-0.3, -0.25) is 15.2 Å². The molecule has 16 heavy (non-hydrogen) atoms. The molecule has 1 amide bonds. The van der Waals surface area contributed by atoms with Gasteiger partial charge < -0.3 is 0 Å². The molecule has 2 heterocycles. The van der Waals surface area contributed by atoms with Gasteiger partial charge >= 0.3 is 0 Å². The third-order valence-electron chi connectivity index (χ3n) is 1.96. The second kappa shape index (κ2) is 4.40. The van der Waals surface area contributed by atoms with Gasteiger partial charge in [-0.15, -0.1) is 11.3 Å². The molecule has 0 spiro atoms. The normalized spacial score (nSPS) is 10.7. The smallest absolute Gasteiger partial charge is 0.294 e. The van der Waals surface area contributed by atoms with Crippen LogP contribution in [0.2, 0.25) is 0 Å². The first-order valence-corrected chi connectivity index (χ1v) is 5.67. The van der Waals surface area contributed by atoms with Crippen molar-refractivity contribution in [2.45, 2.75) is 19.8 Å². The second-order valence-electron chi connectivity index (χ2n) is 3.52. The molecule has 0 aliphatic heterocycles. The summed E-state index contributed by atoms with van der Waals surface area (Å²) in [6.45, 7) is 4.11. The van der Waals surface area contributed by atoms with Crippen LogP contribution < -0.4 is 5.32 Å². The molecule has 0 bridgehead atoms. The number of hydrogen-bond acceptors (Lipinski definition) is 5. The van der Waals surface area contributed by atoms with Crippen molar-refractivity contribution < 1.29 is 4.79 Å². The number of nitrogens with zero attached hydrogens (tertiary/aromatic N) is 3. The van der Waals surface area contributed by atoms with Gasteiger partial charge in [0.05, 0.1) is 5.69 Å². The van der Waals surface area contributed by atoms with Crippen LogP contribution in [0.5, 0.6) is 0 Å². The zero-order valence-electron chi connectivity index (χ0n) is 8.89. The van der Waals surface area contributed by atoms with Gasteiger partial charge in [-0.1, -0.05) is 13.8 Å². The zero-order chi connectivity index (χ0) is 11.5. The molecule has 2 N–H and O–H groups in total. The number of thiazole rings is 1. The minimum Gasteiger partial charge on any atom is -0.295 e. The summed E-state index contributed by atoms with van der Waals surface area (Å²) in [5.41, 5.74) is 0.970. The number of aromatic nitrogens is 4. The van der Waals surface area contributed by atoms with E-state index in [2.05, 4.69) is 39.3 Å². The molecule has 7 heteroatoms. The van der Waals surface area contributed by atoms with Crippen molar-refractivity contribution in [2.75, 3.05) is 5.32 Å². The number of aromatic amines is 1. The molecule has 0 atom stereocenters. The van der Waals surface area contributed by atoms with Crippen LogP contribution in [-0.2, 0) is 0 Å². The summed E-state index contributed by atoms with van der Waals surface area (Å²) < 4.78 is 0. The van der Waals surface area contributed by atoms with Gasteiger partial charge in [-0.05, 0) is 5.92 Å². The molecular formula is C9H11N5OS. The molecular weight excluding hydrogens is 226 g/mol. The molecule has 84 valence electrons. The topological polar surface area (TPSA) is 83.6 Å². The largest absolute Gasteiger partial charge is 0.295 e. The highest BCUT2D eigenvalue weighted by molar-refractivity contribution is 7.14. The van der Waals surface area contributed by atoms with E-state index in [0.29, 0.717) is 11.0 Å². The van der Waals surface area contributed by atoms with Crippen LogP contribution in [0.15, 0.2) is 11.7 Å². The lowest BCUT2D eigenvalue weighted by atomic mass is 10.2. The molecule has 2 aromatic heterocycles. The summed E-state index contributed by atoms with van der Waals surface area (Å²) in [4.78, 5) is 19.6. The Bertz CT molecular complexity index is 476. The maximum Gasteiger partial charge on any atom is 0.294 e. The third kappa shape index (κ3) is 2.25. The number of carbonyl (C=O) groups excluding carboxylic acids is 1. The SMILES string of the molecule is CC(C)c1csc(NC(=O)c2ncn[nH]2)n1. The number of hydrogen-bond donors (Lipinski definition) is 2. The van der Waals surface area contributed by atoms with E-state index < -0.39 is 0 Å². The van der Waals surface area contributed by atoms with E-state index >= 15 is 0 Å². The van der Waals surface area contributed by atoms with Gasteiger partial charge in [-0.2, -0.15) is 5.10 Å². The average Bonchev–Trinajstić information content (AvgIpc) is 2.87. The van der Waals surface area contributed by atoms with Gasteiger partial charge in [0.2, 0.25) is 5.82 Å². The monoisotopic (exact) mass is 237 g/mol. The summed E-state index contributed by atoms with van der Waals surface area (Å²) in [6, 6.07) is 0. The molecule has 2 aromatic rings. The van der Waals surface area contributed by atoms with Crippen molar-refractivity contribution in [3.63, 3.8) is 0 Å². The zero-order valence-corrected chi connectivity index (χ0v) is 9.71. The molecule has 0 unspecified atom stereocenters. The lowest BCUT2D eigenvalue weighted by molar-refractivity contribution is 0.101. The van der Waals surface area contributed by atoms with E-state index in [1.165, 1.54) is 17.7 Å². The van der Waals surface area contributed by atoms with Crippen LogP contribution in [0.4, 0.5) is 5.13 Å². The molecule has 6 nitrogen and oxygen atoms in total. The van der Waals surface area contributed by atoms with Crippen molar-refractivity contribution >= 4 is 22.4 Å². The predicted molar refractivity (Wildman–Crippen MR) is 60.5 cm³/mol. The van der Waals surface area contributed by atoms with E-state index in [1.54, 1.807) is 0 Å². The van der Waals surface area contributed by atoms with Gasteiger partial charge in [-0.25, -0.2) is 9.97 Å². The number of H-pyrrole nitrogens is 1. The fraction of sp³-hybridized carbons (Fsp3) is 0.333. The lowest BCUT2D eigenvalue weighted by Gasteiger charge is -1.98. The van der Waals surface area contributed by atoms with Crippen LogP contribution in [-0.4, -0.2) is 26.1 Å². The summed E-state index contributed by atoms with van der Waals surface area (Å²) in [5.74, 6) is 0.204. The van der Waals surface area contributed by atoms with Crippen LogP contribution in [0.25, 0.3) is 0 Å². The lowest BCUT2D eigenvalue weighted by Crippen LogP contribution is -2.13. The van der Waals surface area contributed by atoms with Gasteiger partial charge in [0, 0.05) is 5.38 Å². The van der Waals surface area contributed by atoms with E-state index in [1.807, 2.05) is 5.38 Å². The van der Waals surface area contributed by atoms with E-state index in [9.17, 15) is 4.79 Å². The molecule has 0 fully saturated rings. The molecule has 0 radical (unpaired) electrons. The number of carbonyl (C=O) groups is 1. The highest BCUT2D eigenvalue weighted by Gasteiger charge is 2.12. The Morgan fingerprint density at radius 2 is 2.38 bits per heavy atom. The molecule has 0 saturated carbocycles. The minimum absolute atomic E-state index is 0.182. The van der Waals surface area contributed by atoms with Gasteiger partial charge in [0.1, 0.15) is 6.33 Å². The highest BCUT2D eigenvalue weighted by atomic mass is 32.1. The van der Waals surface area contributed by atoms with Crippen LogP contribution >= 0.6 is 11.3 Å². The van der Waals surface area contributed by atoms with Crippen LogP contribution in [0, 0.1) is 0 Å². The molecule has 0 aliphatic carbocycles. The number of nitrogens with one attached hydrogen (secondary N) is 2. The first-order valence-electron chi connectivity index (χ1n) is 4.79. The summed E-state index contributed by atoms with van der Waals surface area (Å²) in [5, 5.41) is 11.3. The molecule has 2 rings (SSSR count). The fourth-order valence-corrected chi connectivity index (χ4v) is 1.95. The van der Waals surface area contributed by atoms with Gasteiger partial charge in [0.25, 0.3) is 5.91 Å². The molecule has 0 aromatic carbocycles. The fourth-order valence-electron chi connectivity index (χ4n) is 1.08. The van der Waals surface area contributed by atoms with Gasteiger partial charge in [0.15, 0.2) is 5.13 Å². The Balaban J connectivity index is 2.07. The standard InChI is InChI=1S/C9H11N5OS/c1-5(2)6-3-16-9(12-6)13-8(15)7-10-4-11-14-7/h3-5H,1-2H3,(H,10,11,14)(H,12,13,15). The highest BCUT2D eigenvalue weighted by Crippen LogP contribution is 2.21. The number of amides is 1. The average molecular weight is 237 g/mol. The Morgan fingerprint density at radius 3 is 2.94 bits per heavy atom. The summed E-state index contributed by atoms with van der Waals surface area (Å²) in [6.07, 6.45) is 1.29. The minimum atomic E-state index is -0.331. The molecule has 0 aliphatic rings. The van der Waals surface area contributed by atoms with Crippen molar-refractivity contribution in [1.29, 1.82) is 0 Å². The van der Waals surface area contributed by atoms with Crippen molar-refractivity contribution in [2.24, 2.45) is 0 Å². The maximum atomic E-state index is 11.6. The van der Waals surface area contributed by atoms with Crippen LogP contribution in [0.3, 0.4) is 0 Å². The number of anilines is 1. The summed E-state index contributed by atoms with van der Waals surface area (Å²) in [7, 11) is 0. The van der Waals surface area contributed by atoms with Crippen molar-refractivity contribution in [1.82, 2.24) is 20.2 Å². The van der Waals surface area contributed by atoms with E-state index in [-0.39, 0.29) is 11.7 Å². The Kier molecular flexibility index (Phi) is 2.95. The maximum absolute atomic E-state index is 11.6. The molecule has 0 saturated heterocycles. The van der Waals surface area contributed by atoms with Crippen molar-refractivity contribution in [3.8, 4) is 0 Å². The second-order valence-corrected chi connectivity index (χ2v) is 4.38. The third-order valence-corrected chi connectivity index (χ3v) is 2.74.